The van der Waals surface area contributed by atoms with Crippen molar-refractivity contribution in [1.82, 2.24) is 16.3 Å². The van der Waals surface area contributed by atoms with Crippen LogP contribution in [-0.2, 0) is 0 Å². The fourth-order valence-electron chi connectivity index (χ4n) is 2.65. The van der Waals surface area contributed by atoms with Crippen LogP contribution < -0.4 is 16.3 Å². The third-order valence-electron chi connectivity index (χ3n) is 4.12. The van der Waals surface area contributed by atoms with E-state index in [-0.39, 0.29) is 17.6 Å². The van der Waals surface area contributed by atoms with E-state index < -0.39 is 0 Å². The van der Waals surface area contributed by atoms with Crippen LogP contribution in [0.3, 0.4) is 0 Å². The number of nitrogens with one attached hydrogen (secondary N) is 3. The molecule has 3 aromatic carbocycles. The summed E-state index contributed by atoms with van der Waals surface area (Å²) in [6.07, 6.45) is 1.46. The highest BCUT2D eigenvalue weighted by Crippen LogP contribution is 2.20. The molecule has 0 aromatic heterocycles. The number of carbonyl (C=O) groups excluding carboxylic acids is 2. The van der Waals surface area contributed by atoms with Gasteiger partial charge in [-0.05, 0) is 53.1 Å². The molecule has 7 heteroatoms. The Morgan fingerprint density at radius 2 is 1.45 bits per heavy atom. The maximum Gasteiger partial charge on any atom is 0.271 e. The second-order valence-electron chi connectivity index (χ2n) is 6.15. The first kappa shape index (κ1) is 19.8. The second-order valence-corrected chi connectivity index (χ2v) is 6.15. The molecular weight excluding hydrogens is 368 g/mol. The fourth-order valence-corrected chi connectivity index (χ4v) is 2.65. The summed E-state index contributed by atoms with van der Waals surface area (Å²) in [6.45, 7) is 0. The number of hydrazone groups is 1. The van der Waals surface area contributed by atoms with E-state index in [4.69, 9.17) is 0 Å². The summed E-state index contributed by atoms with van der Waals surface area (Å²) in [7, 11) is 1.63. The number of rotatable bonds is 6. The van der Waals surface area contributed by atoms with Gasteiger partial charge in [-0.2, -0.15) is 5.10 Å². The summed E-state index contributed by atoms with van der Waals surface area (Å²) in [6, 6.07) is 20.8. The van der Waals surface area contributed by atoms with E-state index in [1.807, 2.05) is 24.3 Å². The first-order valence-electron chi connectivity index (χ1n) is 8.87. The zero-order valence-electron chi connectivity index (χ0n) is 15.7. The lowest BCUT2D eigenvalue weighted by atomic mass is 10.0. The van der Waals surface area contributed by atoms with Crippen LogP contribution in [0.2, 0.25) is 0 Å². The van der Waals surface area contributed by atoms with Crippen molar-refractivity contribution in [2.24, 2.45) is 5.10 Å². The molecule has 0 saturated carbocycles. The van der Waals surface area contributed by atoms with Gasteiger partial charge in [0.15, 0.2) is 0 Å². The first-order chi connectivity index (χ1) is 14.1. The summed E-state index contributed by atoms with van der Waals surface area (Å²) < 4.78 is 0. The number of hydrogen-bond acceptors (Lipinski definition) is 5. The molecule has 0 fully saturated rings. The zero-order chi connectivity index (χ0) is 20.6. The van der Waals surface area contributed by atoms with Crippen molar-refractivity contribution in [3.8, 4) is 16.9 Å². The average Bonchev–Trinajstić information content (AvgIpc) is 2.74. The van der Waals surface area contributed by atoms with E-state index in [1.165, 1.54) is 12.3 Å². The maximum absolute atomic E-state index is 12.2. The number of aromatic hydroxyl groups is 1. The molecule has 0 radical (unpaired) electrons. The van der Waals surface area contributed by atoms with Gasteiger partial charge in [-0.3, -0.25) is 15.0 Å². The number of nitrogens with zero attached hydrogens (tertiary/aromatic N) is 1. The van der Waals surface area contributed by atoms with Crippen molar-refractivity contribution in [3.05, 3.63) is 89.5 Å². The molecule has 0 bridgehead atoms. The van der Waals surface area contributed by atoms with Gasteiger partial charge in [0.2, 0.25) is 0 Å². The van der Waals surface area contributed by atoms with Gasteiger partial charge in [-0.1, -0.05) is 36.4 Å². The van der Waals surface area contributed by atoms with Gasteiger partial charge in [-0.15, -0.1) is 0 Å². The van der Waals surface area contributed by atoms with Crippen molar-refractivity contribution in [2.75, 3.05) is 7.05 Å². The summed E-state index contributed by atoms with van der Waals surface area (Å²) in [5, 5.41) is 13.3. The van der Waals surface area contributed by atoms with E-state index in [9.17, 15) is 14.7 Å². The third-order valence-corrected chi connectivity index (χ3v) is 4.12. The van der Waals surface area contributed by atoms with Crippen molar-refractivity contribution < 1.29 is 14.7 Å². The second kappa shape index (κ2) is 9.29. The number of phenolic OH excluding ortho intramolecular Hbond substituents is 1. The normalized spacial score (nSPS) is 10.7. The lowest BCUT2D eigenvalue weighted by Gasteiger charge is -2.06. The number of carbonyl (C=O) groups is 2. The van der Waals surface area contributed by atoms with Crippen LogP contribution in [0.4, 0.5) is 0 Å². The molecule has 0 heterocycles. The molecule has 3 aromatic rings. The monoisotopic (exact) mass is 388 g/mol. The van der Waals surface area contributed by atoms with Crippen molar-refractivity contribution in [3.63, 3.8) is 0 Å². The highest BCUT2D eigenvalue weighted by Gasteiger charge is 2.07. The number of hydrazine groups is 1. The number of amides is 2. The summed E-state index contributed by atoms with van der Waals surface area (Å²) in [4.78, 5) is 24.0. The highest BCUT2D eigenvalue weighted by molar-refractivity contribution is 5.96. The van der Waals surface area contributed by atoms with Gasteiger partial charge in [-0.25, -0.2) is 10.9 Å². The standard InChI is InChI=1S/C22H20N4O3/c1-23-25-21(28)18-9-5-16(6-10-18)17-7-11-19(12-8-17)22(29)26-24-14-15-3-2-4-20(27)13-15/h2-14,23,27H,1H3,(H,25,28)(H,26,29)/b24-14+. The van der Waals surface area contributed by atoms with Gasteiger partial charge in [0.05, 0.1) is 6.21 Å². The minimum absolute atomic E-state index is 0.131. The molecule has 146 valence electrons. The Balaban J connectivity index is 1.63. The largest absolute Gasteiger partial charge is 0.508 e. The predicted octanol–water partition coefficient (Wildman–Crippen LogP) is 2.69. The SMILES string of the molecule is CNNC(=O)c1ccc(-c2ccc(C(=O)N/N=C/c3cccc(O)c3)cc2)cc1. The summed E-state index contributed by atoms with van der Waals surface area (Å²) in [5.41, 5.74) is 11.1. The predicted molar refractivity (Wildman–Crippen MR) is 112 cm³/mol. The fraction of sp³-hybridized carbons (Fsp3) is 0.0455. The molecule has 29 heavy (non-hydrogen) atoms. The molecule has 0 aliphatic heterocycles. The molecule has 0 aliphatic rings. The van der Waals surface area contributed by atoms with Crippen LogP contribution in [0.1, 0.15) is 26.3 Å². The molecule has 0 aliphatic carbocycles. The minimum atomic E-state index is -0.341. The lowest BCUT2D eigenvalue weighted by Crippen LogP contribution is -2.33. The Morgan fingerprint density at radius 1 is 0.862 bits per heavy atom. The van der Waals surface area contributed by atoms with E-state index in [2.05, 4.69) is 21.4 Å². The van der Waals surface area contributed by atoms with E-state index in [0.29, 0.717) is 16.7 Å². The van der Waals surface area contributed by atoms with Gasteiger partial charge in [0.1, 0.15) is 5.75 Å². The van der Waals surface area contributed by atoms with Crippen LogP contribution in [0.5, 0.6) is 5.75 Å². The van der Waals surface area contributed by atoms with E-state index >= 15 is 0 Å². The average molecular weight is 388 g/mol. The Bertz CT molecular complexity index is 1030. The molecule has 7 nitrogen and oxygen atoms in total. The third kappa shape index (κ3) is 5.27. The van der Waals surface area contributed by atoms with Crippen molar-refractivity contribution >= 4 is 18.0 Å². The molecule has 3 rings (SSSR count). The number of hydrogen-bond donors (Lipinski definition) is 4. The van der Waals surface area contributed by atoms with Gasteiger partial charge >= 0.3 is 0 Å². The Kier molecular flexibility index (Phi) is 6.34. The first-order valence-corrected chi connectivity index (χ1v) is 8.87. The molecular formula is C22H20N4O3. The highest BCUT2D eigenvalue weighted by atomic mass is 16.3. The lowest BCUT2D eigenvalue weighted by molar-refractivity contribution is 0.0935. The van der Waals surface area contributed by atoms with Crippen molar-refractivity contribution in [1.29, 1.82) is 0 Å². The number of benzene rings is 3. The quantitative estimate of drug-likeness (QED) is 0.385. The molecule has 0 unspecified atom stereocenters. The molecule has 0 atom stereocenters. The van der Waals surface area contributed by atoms with Crippen LogP contribution in [-0.4, -0.2) is 30.2 Å². The Labute approximate surface area is 168 Å². The minimum Gasteiger partial charge on any atom is -0.508 e. The van der Waals surface area contributed by atoms with E-state index in [1.54, 1.807) is 49.5 Å². The van der Waals surface area contributed by atoms with Gasteiger partial charge in [0.25, 0.3) is 11.8 Å². The van der Waals surface area contributed by atoms with Crippen LogP contribution in [0.25, 0.3) is 11.1 Å². The Hall–Kier alpha value is -3.97. The Morgan fingerprint density at radius 3 is 2.00 bits per heavy atom. The maximum atomic E-state index is 12.2. The summed E-state index contributed by atoms with van der Waals surface area (Å²) in [5.74, 6) is -0.420. The summed E-state index contributed by atoms with van der Waals surface area (Å²) >= 11 is 0. The molecule has 4 N–H and O–H groups in total. The topological polar surface area (TPSA) is 103 Å². The number of phenols is 1. The van der Waals surface area contributed by atoms with E-state index in [0.717, 1.165) is 11.1 Å². The van der Waals surface area contributed by atoms with Crippen molar-refractivity contribution in [2.45, 2.75) is 0 Å². The van der Waals surface area contributed by atoms with Gasteiger partial charge in [0, 0.05) is 18.2 Å². The van der Waals surface area contributed by atoms with Crippen LogP contribution >= 0.6 is 0 Å². The molecule has 2 amide bonds. The van der Waals surface area contributed by atoms with Crippen LogP contribution in [0, 0.1) is 0 Å². The molecule has 0 saturated heterocycles. The van der Waals surface area contributed by atoms with Crippen LogP contribution in [0.15, 0.2) is 77.9 Å². The zero-order valence-corrected chi connectivity index (χ0v) is 15.7. The smallest absolute Gasteiger partial charge is 0.271 e. The molecule has 0 spiro atoms. The van der Waals surface area contributed by atoms with Gasteiger partial charge < -0.3 is 5.11 Å².